The molecule has 0 aliphatic rings. The topological polar surface area (TPSA) is 49.3 Å². The average molecular weight is 311 g/mol. The SMILES string of the molecule is Cc1cc(C)cc(C(=O)NCC(C)(O)CCc2ccccc2)c1. The van der Waals surface area contributed by atoms with Gasteiger partial charge in [0.25, 0.3) is 5.91 Å². The monoisotopic (exact) mass is 311 g/mol. The molecule has 23 heavy (non-hydrogen) atoms. The normalized spacial score (nSPS) is 13.4. The van der Waals surface area contributed by atoms with Gasteiger partial charge in [-0.2, -0.15) is 0 Å². The summed E-state index contributed by atoms with van der Waals surface area (Å²) in [7, 11) is 0. The Hall–Kier alpha value is -2.13. The highest BCUT2D eigenvalue weighted by Gasteiger charge is 2.21. The maximum Gasteiger partial charge on any atom is 0.251 e. The van der Waals surface area contributed by atoms with Gasteiger partial charge < -0.3 is 10.4 Å². The minimum atomic E-state index is -0.926. The molecule has 0 aromatic heterocycles. The summed E-state index contributed by atoms with van der Waals surface area (Å²) >= 11 is 0. The van der Waals surface area contributed by atoms with Crippen molar-refractivity contribution < 1.29 is 9.90 Å². The summed E-state index contributed by atoms with van der Waals surface area (Å²) in [6.45, 7) is 5.95. The van der Waals surface area contributed by atoms with E-state index in [4.69, 9.17) is 0 Å². The van der Waals surface area contributed by atoms with Crippen molar-refractivity contribution in [1.29, 1.82) is 0 Å². The standard InChI is InChI=1S/C20H25NO2/c1-15-11-16(2)13-18(12-15)19(22)21-14-20(3,23)10-9-17-7-5-4-6-8-17/h4-8,11-13,23H,9-10,14H2,1-3H3,(H,21,22). The van der Waals surface area contributed by atoms with E-state index < -0.39 is 5.60 Å². The van der Waals surface area contributed by atoms with Gasteiger partial charge in [0.15, 0.2) is 0 Å². The van der Waals surface area contributed by atoms with Gasteiger partial charge in [-0.05, 0) is 51.3 Å². The molecule has 1 unspecified atom stereocenters. The number of aliphatic hydroxyl groups is 1. The molecule has 2 N–H and O–H groups in total. The molecular formula is C20H25NO2. The lowest BCUT2D eigenvalue weighted by Gasteiger charge is -2.24. The molecule has 3 nitrogen and oxygen atoms in total. The molecule has 0 fully saturated rings. The summed E-state index contributed by atoms with van der Waals surface area (Å²) in [6.07, 6.45) is 1.39. The molecule has 2 aromatic carbocycles. The van der Waals surface area contributed by atoms with Gasteiger partial charge in [0.05, 0.1) is 5.60 Å². The molecule has 3 heteroatoms. The Morgan fingerprint density at radius 3 is 2.30 bits per heavy atom. The zero-order valence-electron chi connectivity index (χ0n) is 14.1. The third kappa shape index (κ3) is 5.53. The van der Waals surface area contributed by atoms with Crippen molar-refractivity contribution >= 4 is 5.91 Å². The summed E-state index contributed by atoms with van der Waals surface area (Å²) in [6, 6.07) is 15.8. The van der Waals surface area contributed by atoms with Crippen molar-refractivity contribution in [1.82, 2.24) is 5.32 Å². The van der Waals surface area contributed by atoms with Gasteiger partial charge in [-0.15, -0.1) is 0 Å². The Bertz CT molecular complexity index is 642. The molecule has 0 aliphatic carbocycles. The van der Waals surface area contributed by atoms with Crippen LogP contribution < -0.4 is 5.32 Å². The van der Waals surface area contributed by atoms with Crippen molar-refractivity contribution in [2.24, 2.45) is 0 Å². The molecule has 122 valence electrons. The Morgan fingerprint density at radius 2 is 1.70 bits per heavy atom. The van der Waals surface area contributed by atoms with Crippen LogP contribution in [0.5, 0.6) is 0 Å². The Morgan fingerprint density at radius 1 is 1.09 bits per heavy atom. The van der Waals surface area contributed by atoms with Crippen LogP contribution in [0.25, 0.3) is 0 Å². The van der Waals surface area contributed by atoms with Crippen LogP contribution in [0.3, 0.4) is 0 Å². The van der Waals surface area contributed by atoms with Crippen molar-refractivity contribution in [3.8, 4) is 0 Å². The molecule has 0 saturated heterocycles. The number of nitrogens with one attached hydrogen (secondary N) is 1. The van der Waals surface area contributed by atoms with Crippen molar-refractivity contribution in [2.45, 2.75) is 39.2 Å². The highest BCUT2D eigenvalue weighted by atomic mass is 16.3. The number of hydrogen-bond donors (Lipinski definition) is 2. The van der Waals surface area contributed by atoms with E-state index in [0.29, 0.717) is 12.0 Å². The molecule has 2 rings (SSSR count). The average Bonchev–Trinajstić information content (AvgIpc) is 2.51. The second kappa shape index (κ2) is 7.42. The van der Waals surface area contributed by atoms with Crippen LogP contribution in [-0.4, -0.2) is 23.2 Å². The second-order valence-electron chi connectivity index (χ2n) is 6.54. The van der Waals surface area contributed by atoms with E-state index in [1.54, 1.807) is 6.92 Å². The molecule has 1 atom stereocenters. The lowest BCUT2D eigenvalue weighted by molar-refractivity contribution is 0.0478. The Kier molecular flexibility index (Phi) is 5.56. The van der Waals surface area contributed by atoms with Gasteiger partial charge >= 0.3 is 0 Å². The first-order valence-electron chi connectivity index (χ1n) is 7.98. The number of carbonyl (C=O) groups excluding carboxylic acids is 1. The molecular weight excluding hydrogens is 286 g/mol. The predicted molar refractivity (Wildman–Crippen MR) is 93.6 cm³/mol. The fourth-order valence-corrected chi connectivity index (χ4v) is 2.63. The van der Waals surface area contributed by atoms with Crippen LogP contribution in [0.15, 0.2) is 48.5 Å². The summed E-state index contributed by atoms with van der Waals surface area (Å²) in [5.74, 6) is -0.142. The summed E-state index contributed by atoms with van der Waals surface area (Å²) < 4.78 is 0. The number of benzene rings is 2. The Labute approximate surface area is 138 Å². The van der Waals surface area contributed by atoms with E-state index in [1.165, 1.54) is 5.56 Å². The van der Waals surface area contributed by atoms with Gasteiger partial charge in [-0.3, -0.25) is 4.79 Å². The summed E-state index contributed by atoms with van der Waals surface area (Å²) in [5.41, 5.74) is 3.02. The van der Waals surface area contributed by atoms with Crippen LogP contribution in [0, 0.1) is 13.8 Å². The van der Waals surface area contributed by atoms with E-state index in [-0.39, 0.29) is 12.5 Å². The molecule has 0 spiro atoms. The number of rotatable bonds is 6. The third-order valence-electron chi connectivity index (χ3n) is 3.91. The maximum absolute atomic E-state index is 12.2. The summed E-state index contributed by atoms with van der Waals surface area (Å²) in [5, 5.41) is 13.3. The zero-order chi connectivity index (χ0) is 16.9. The van der Waals surface area contributed by atoms with E-state index in [1.807, 2.05) is 62.4 Å². The third-order valence-corrected chi connectivity index (χ3v) is 3.91. The summed E-state index contributed by atoms with van der Waals surface area (Å²) in [4.78, 5) is 12.2. The van der Waals surface area contributed by atoms with Gasteiger partial charge in [0.2, 0.25) is 0 Å². The molecule has 0 saturated carbocycles. The van der Waals surface area contributed by atoms with Gasteiger partial charge in [0.1, 0.15) is 0 Å². The fourth-order valence-electron chi connectivity index (χ4n) is 2.63. The minimum Gasteiger partial charge on any atom is -0.388 e. The number of hydrogen-bond acceptors (Lipinski definition) is 2. The molecule has 2 aromatic rings. The number of carbonyl (C=O) groups is 1. The van der Waals surface area contributed by atoms with Crippen LogP contribution in [0.1, 0.15) is 40.4 Å². The fraction of sp³-hybridized carbons (Fsp3) is 0.350. The van der Waals surface area contributed by atoms with Crippen LogP contribution in [-0.2, 0) is 6.42 Å². The smallest absolute Gasteiger partial charge is 0.251 e. The lowest BCUT2D eigenvalue weighted by atomic mass is 9.96. The van der Waals surface area contributed by atoms with Crippen molar-refractivity contribution in [2.75, 3.05) is 6.54 Å². The molecule has 1 amide bonds. The van der Waals surface area contributed by atoms with Gasteiger partial charge in [-0.1, -0.05) is 47.5 Å². The first kappa shape index (κ1) is 17.2. The zero-order valence-corrected chi connectivity index (χ0v) is 14.1. The lowest BCUT2D eigenvalue weighted by Crippen LogP contribution is -2.41. The maximum atomic E-state index is 12.2. The number of amides is 1. The molecule has 0 aliphatic heterocycles. The van der Waals surface area contributed by atoms with Crippen LogP contribution in [0.4, 0.5) is 0 Å². The molecule has 0 heterocycles. The molecule has 0 radical (unpaired) electrons. The van der Waals surface area contributed by atoms with Crippen LogP contribution in [0.2, 0.25) is 0 Å². The van der Waals surface area contributed by atoms with E-state index in [0.717, 1.165) is 17.5 Å². The minimum absolute atomic E-state index is 0.142. The van der Waals surface area contributed by atoms with E-state index in [9.17, 15) is 9.90 Å². The van der Waals surface area contributed by atoms with Gasteiger partial charge in [-0.25, -0.2) is 0 Å². The van der Waals surface area contributed by atoms with Gasteiger partial charge in [0, 0.05) is 12.1 Å². The Balaban J connectivity index is 1.89. The predicted octanol–water partition coefficient (Wildman–Crippen LogP) is 3.42. The van der Waals surface area contributed by atoms with Crippen molar-refractivity contribution in [3.05, 3.63) is 70.8 Å². The second-order valence-corrected chi connectivity index (χ2v) is 6.54. The molecule has 0 bridgehead atoms. The first-order chi connectivity index (χ1) is 10.9. The first-order valence-corrected chi connectivity index (χ1v) is 7.98. The highest BCUT2D eigenvalue weighted by molar-refractivity contribution is 5.94. The largest absolute Gasteiger partial charge is 0.388 e. The van der Waals surface area contributed by atoms with Crippen molar-refractivity contribution in [3.63, 3.8) is 0 Å². The van der Waals surface area contributed by atoms with Crippen LogP contribution >= 0.6 is 0 Å². The van der Waals surface area contributed by atoms with E-state index >= 15 is 0 Å². The number of aryl methyl sites for hydroxylation is 3. The van der Waals surface area contributed by atoms with E-state index in [2.05, 4.69) is 5.32 Å². The highest BCUT2D eigenvalue weighted by Crippen LogP contribution is 2.14. The quantitative estimate of drug-likeness (QED) is 0.859.